The minimum atomic E-state index is -0.612. The van der Waals surface area contributed by atoms with Crippen molar-refractivity contribution in [3.63, 3.8) is 0 Å². The van der Waals surface area contributed by atoms with Gasteiger partial charge in [-0.2, -0.15) is 0 Å². The van der Waals surface area contributed by atoms with Gasteiger partial charge in [-0.25, -0.2) is 9.78 Å². The van der Waals surface area contributed by atoms with Gasteiger partial charge in [-0.05, 0) is 42.0 Å². The third-order valence-electron chi connectivity index (χ3n) is 4.60. The molecule has 0 saturated carbocycles. The lowest BCUT2D eigenvalue weighted by atomic mass is 10.2. The molecule has 0 radical (unpaired) electrons. The highest BCUT2D eigenvalue weighted by Crippen LogP contribution is 2.26. The highest BCUT2D eigenvalue weighted by atomic mass is 32.2. The van der Waals surface area contributed by atoms with E-state index in [2.05, 4.69) is 15.6 Å². The minimum Gasteiger partial charge on any atom is -0.351 e. The Labute approximate surface area is 183 Å². The number of thioether (sulfide) groups is 1. The summed E-state index contributed by atoms with van der Waals surface area (Å²) in [6.07, 6.45) is 3.97. The molecule has 0 fully saturated rings. The number of anilines is 1. The molecule has 0 unspecified atom stereocenters. The van der Waals surface area contributed by atoms with Crippen LogP contribution in [0.4, 0.5) is 10.5 Å². The third kappa shape index (κ3) is 5.23. The highest BCUT2D eigenvalue weighted by Gasteiger charge is 2.12. The number of nitrogens with two attached hydrogens (primary N) is 1. The molecule has 0 saturated heterocycles. The van der Waals surface area contributed by atoms with E-state index in [9.17, 15) is 9.59 Å². The van der Waals surface area contributed by atoms with Crippen LogP contribution in [0, 0.1) is 0 Å². The van der Waals surface area contributed by atoms with Crippen molar-refractivity contribution < 1.29 is 9.59 Å². The van der Waals surface area contributed by atoms with Crippen molar-refractivity contribution in [2.75, 3.05) is 5.32 Å². The van der Waals surface area contributed by atoms with Crippen LogP contribution in [-0.2, 0) is 12.3 Å². The molecular formula is C23H21N5O2S. The molecule has 4 rings (SSSR count). The first-order valence-corrected chi connectivity index (χ1v) is 10.6. The lowest BCUT2D eigenvalue weighted by Crippen LogP contribution is -2.23. The van der Waals surface area contributed by atoms with Crippen LogP contribution in [0.15, 0.2) is 84.0 Å². The molecule has 7 nitrogen and oxygen atoms in total. The summed E-state index contributed by atoms with van der Waals surface area (Å²) in [7, 11) is 0. The maximum Gasteiger partial charge on any atom is 0.316 e. The number of pyridine rings is 1. The van der Waals surface area contributed by atoms with E-state index in [0.29, 0.717) is 23.5 Å². The molecule has 0 aliphatic heterocycles. The van der Waals surface area contributed by atoms with Gasteiger partial charge in [0.15, 0.2) is 0 Å². The zero-order valence-electron chi connectivity index (χ0n) is 16.6. The second-order valence-corrected chi connectivity index (χ2v) is 7.87. The normalized spacial score (nSPS) is 10.7. The van der Waals surface area contributed by atoms with Gasteiger partial charge in [0.25, 0.3) is 5.91 Å². The highest BCUT2D eigenvalue weighted by molar-refractivity contribution is 7.98. The van der Waals surface area contributed by atoms with Gasteiger partial charge in [-0.3, -0.25) is 4.79 Å². The third-order valence-corrected chi connectivity index (χ3v) is 5.70. The number of primary amides is 1. The maximum absolute atomic E-state index is 12.8. The molecule has 4 N–H and O–H groups in total. The summed E-state index contributed by atoms with van der Waals surface area (Å²) >= 11 is 1.58. The average molecular weight is 432 g/mol. The number of benzene rings is 2. The van der Waals surface area contributed by atoms with Crippen molar-refractivity contribution in [3.8, 4) is 0 Å². The number of carbonyl (C=O) groups is 2. The topological polar surface area (TPSA) is 102 Å². The molecule has 3 amide bonds. The first-order valence-electron chi connectivity index (χ1n) is 9.66. The van der Waals surface area contributed by atoms with Crippen molar-refractivity contribution in [2.45, 2.75) is 17.2 Å². The molecule has 0 spiro atoms. The van der Waals surface area contributed by atoms with E-state index < -0.39 is 6.03 Å². The van der Waals surface area contributed by atoms with Crippen LogP contribution in [0.1, 0.15) is 21.6 Å². The molecule has 2 heterocycles. The van der Waals surface area contributed by atoms with Crippen LogP contribution in [0.5, 0.6) is 0 Å². The second-order valence-electron chi connectivity index (χ2n) is 6.85. The molecule has 31 heavy (non-hydrogen) atoms. The standard InChI is InChI=1S/C23H21N5O2S/c24-23(30)27-17-10-8-16(9-11-17)13-25-22(29)19-5-1-2-6-20(19)31-15-18-14-28-12-4-3-7-21(28)26-18/h1-12,14H,13,15H2,(H,25,29)(H3,24,27,30). The summed E-state index contributed by atoms with van der Waals surface area (Å²) < 4.78 is 1.98. The summed E-state index contributed by atoms with van der Waals surface area (Å²) in [5, 5.41) is 5.46. The molecular weight excluding hydrogens is 410 g/mol. The average Bonchev–Trinajstić information content (AvgIpc) is 3.20. The number of fused-ring (bicyclic) bond motifs is 1. The van der Waals surface area contributed by atoms with E-state index in [0.717, 1.165) is 21.8 Å². The van der Waals surface area contributed by atoms with E-state index in [1.165, 1.54) is 0 Å². The number of hydrogen-bond acceptors (Lipinski definition) is 4. The number of nitrogens with zero attached hydrogens (tertiary/aromatic N) is 2. The summed E-state index contributed by atoms with van der Waals surface area (Å²) in [6, 6.07) is 20.0. The largest absolute Gasteiger partial charge is 0.351 e. The molecule has 0 atom stereocenters. The molecule has 156 valence electrons. The summed E-state index contributed by atoms with van der Waals surface area (Å²) in [6.45, 7) is 0.376. The molecule has 8 heteroatoms. The number of imidazole rings is 1. The van der Waals surface area contributed by atoms with Crippen molar-refractivity contribution in [2.24, 2.45) is 5.73 Å². The van der Waals surface area contributed by atoms with Gasteiger partial charge in [-0.1, -0.05) is 30.3 Å². The Morgan fingerprint density at radius 1 is 1.00 bits per heavy atom. The van der Waals surface area contributed by atoms with Crippen LogP contribution >= 0.6 is 11.8 Å². The quantitative estimate of drug-likeness (QED) is 0.384. The fourth-order valence-electron chi connectivity index (χ4n) is 3.11. The Kier molecular flexibility index (Phi) is 6.18. The van der Waals surface area contributed by atoms with Gasteiger partial charge in [0, 0.05) is 35.3 Å². The predicted molar refractivity (Wildman–Crippen MR) is 122 cm³/mol. The van der Waals surface area contributed by atoms with Crippen LogP contribution < -0.4 is 16.4 Å². The number of carbonyl (C=O) groups excluding carboxylic acids is 2. The number of amides is 3. The van der Waals surface area contributed by atoms with Gasteiger partial charge in [0.2, 0.25) is 0 Å². The lowest BCUT2D eigenvalue weighted by molar-refractivity contribution is 0.0948. The van der Waals surface area contributed by atoms with Crippen molar-refractivity contribution in [1.82, 2.24) is 14.7 Å². The van der Waals surface area contributed by atoms with E-state index in [1.54, 1.807) is 23.9 Å². The molecule has 4 aromatic rings. The van der Waals surface area contributed by atoms with E-state index >= 15 is 0 Å². The lowest BCUT2D eigenvalue weighted by Gasteiger charge is -2.10. The fraction of sp³-hybridized carbons (Fsp3) is 0.0870. The summed E-state index contributed by atoms with van der Waals surface area (Å²) in [5.74, 6) is 0.526. The van der Waals surface area contributed by atoms with Gasteiger partial charge < -0.3 is 20.8 Å². The molecule has 2 aromatic heterocycles. The number of urea groups is 1. The number of rotatable bonds is 7. The Morgan fingerprint density at radius 2 is 1.77 bits per heavy atom. The fourth-order valence-corrected chi connectivity index (χ4v) is 4.05. The van der Waals surface area contributed by atoms with Gasteiger partial charge >= 0.3 is 6.03 Å². The first-order chi connectivity index (χ1) is 15.1. The first kappa shape index (κ1) is 20.5. The van der Waals surface area contributed by atoms with Gasteiger partial charge in [0.05, 0.1) is 11.3 Å². The van der Waals surface area contributed by atoms with Gasteiger partial charge in [-0.15, -0.1) is 11.8 Å². The summed E-state index contributed by atoms with van der Waals surface area (Å²) in [5.41, 5.74) is 9.12. The molecule has 2 aromatic carbocycles. The summed E-state index contributed by atoms with van der Waals surface area (Å²) in [4.78, 5) is 29.2. The van der Waals surface area contributed by atoms with E-state index in [-0.39, 0.29) is 5.91 Å². The van der Waals surface area contributed by atoms with Crippen molar-refractivity contribution in [3.05, 3.63) is 95.9 Å². The van der Waals surface area contributed by atoms with Crippen molar-refractivity contribution >= 4 is 35.0 Å². The Morgan fingerprint density at radius 3 is 2.55 bits per heavy atom. The molecule has 0 aliphatic carbocycles. The number of nitrogens with one attached hydrogen (secondary N) is 2. The van der Waals surface area contributed by atoms with E-state index in [4.69, 9.17) is 5.73 Å². The van der Waals surface area contributed by atoms with Crippen LogP contribution in [-0.4, -0.2) is 21.3 Å². The smallest absolute Gasteiger partial charge is 0.316 e. The van der Waals surface area contributed by atoms with E-state index in [1.807, 2.05) is 71.4 Å². The maximum atomic E-state index is 12.8. The van der Waals surface area contributed by atoms with Gasteiger partial charge in [0.1, 0.15) is 5.65 Å². The monoisotopic (exact) mass is 431 g/mol. The van der Waals surface area contributed by atoms with Crippen LogP contribution in [0.25, 0.3) is 5.65 Å². The molecule has 0 aliphatic rings. The Balaban J connectivity index is 1.39. The van der Waals surface area contributed by atoms with Crippen LogP contribution in [0.3, 0.4) is 0 Å². The molecule has 0 bridgehead atoms. The van der Waals surface area contributed by atoms with Crippen molar-refractivity contribution in [1.29, 1.82) is 0 Å². The minimum absolute atomic E-state index is 0.141. The van der Waals surface area contributed by atoms with Crippen LogP contribution in [0.2, 0.25) is 0 Å². The zero-order valence-corrected chi connectivity index (χ0v) is 17.4. The Hall–Kier alpha value is -3.78. The second kappa shape index (κ2) is 9.36. The SMILES string of the molecule is NC(=O)Nc1ccc(CNC(=O)c2ccccc2SCc2cn3ccccc3n2)cc1. The predicted octanol–water partition coefficient (Wildman–Crippen LogP) is 4.05. The zero-order chi connectivity index (χ0) is 21.6. The number of aromatic nitrogens is 2. The number of hydrogen-bond donors (Lipinski definition) is 3. The Bertz CT molecular complexity index is 1190.